The molecule has 2 aromatic carbocycles. The van der Waals surface area contributed by atoms with Gasteiger partial charge < -0.3 is 15.4 Å². The van der Waals surface area contributed by atoms with E-state index in [0.717, 1.165) is 42.6 Å². The number of nitrogens with one attached hydrogen (secondary N) is 2. The Morgan fingerprint density at radius 1 is 0.958 bits per heavy atom. The first-order valence-corrected chi connectivity index (χ1v) is 17.5. The zero-order chi connectivity index (χ0) is 33.4. The molecule has 0 saturated carbocycles. The molecule has 2 atom stereocenters. The van der Waals surface area contributed by atoms with Crippen LogP contribution in [0, 0.1) is 12.3 Å². The number of hydrogen-bond donors (Lipinski definition) is 2. The van der Waals surface area contributed by atoms with E-state index >= 15 is 0 Å². The first-order valence-electron chi connectivity index (χ1n) is 17.5. The minimum absolute atomic E-state index is 0.188. The lowest BCUT2D eigenvalue weighted by molar-refractivity contribution is 0.0958. The lowest BCUT2D eigenvalue weighted by Crippen LogP contribution is -2.31. The molecule has 1 amide bonds. The third-order valence-electron chi connectivity index (χ3n) is 9.05. The third kappa shape index (κ3) is 10.0. The fourth-order valence-corrected chi connectivity index (χ4v) is 6.36. The SMILES string of the molecule is C#CCNC(=O)c1ccc(-c2cc(CCCOC[C@H]3NCC[C@@H]3c3ccc(CCCCCCCC)cc3)c(-c3ncccn3)nn2)cc1. The van der Waals surface area contributed by atoms with Crippen molar-refractivity contribution in [3.63, 3.8) is 0 Å². The van der Waals surface area contributed by atoms with Crippen LogP contribution in [-0.4, -0.2) is 58.4 Å². The fourth-order valence-electron chi connectivity index (χ4n) is 6.36. The maximum Gasteiger partial charge on any atom is 0.252 e. The van der Waals surface area contributed by atoms with Crippen molar-refractivity contribution in [2.75, 3.05) is 26.3 Å². The van der Waals surface area contributed by atoms with Gasteiger partial charge in [0.25, 0.3) is 5.91 Å². The Bertz CT molecular complexity index is 1600. The van der Waals surface area contributed by atoms with E-state index in [9.17, 15) is 4.79 Å². The number of carbonyl (C=O) groups excluding carboxylic acids is 1. The molecule has 1 aliphatic rings. The monoisotopic (exact) mass is 644 g/mol. The van der Waals surface area contributed by atoms with E-state index in [2.05, 4.69) is 67.9 Å². The number of carbonyl (C=O) groups is 1. The van der Waals surface area contributed by atoms with Gasteiger partial charge in [-0.15, -0.1) is 16.6 Å². The van der Waals surface area contributed by atoms with Crippen LogP contribution in [0.25, 0.3) is 22.8 Å². The Labute approximate surface area is 285 Å². The first kappa shape index (κ1) is 34.9. The van der Waals surface area contributed by atoms with E-state index < -0.39 is 0 Å². The summed E-state index contributed by atoms with van der Waals surface area (Å²) in [5.74, 6) is 3.22. The standard InChI is InChI=1S/C40H48N6O2/c1-3-5-6-7-8-9-12-30-14-16-31(17-15-30)35-22-26-41-37(35)29-48-27-10-13-34-28-36(45-46-38(34)39-42-24-11-25-43-39)32-18-20-33(21-19-32)40(47)44-23-4-2/h2,11,14-21,24-25,28,35,37,41H,3,5-10,12-13,22-23,26-27,29H2,1H3,(H,44,47)/t35-,37-/m1/s1. The van der Waals surface area contributed by atoms with Gasteiger partial charge >= 0.3 is 0 Å². The zero-order valence-electron chi connectivity index (χ0n) is 28.2. The van der Waals surface area contributed by atoms with Crippen LogP contribution < -0.4 is 10.6 Å². The number of hydrogen-bond acceptors (Lipinski definition) is 7. The largest absolute Gasteiger partial charge is 0.380 e. The van der Waals surface area contributed by atoms with E-state index in [1.165, 1.54) is 56.1 Å². The van der Waals surface area contributed by atoms with Gasteiger partial charge in [-0.2, -0.15) is 0 Å². The molecule has 48 heavy (non-hydrogen) atoms. The predicted octanol–water partition coefficient (Wildman–Crippen LogP) is 6.96. The second-order valence-corrected chi connectivity index (χ2v) is 12.5. The fraction of sp³-hybridized carbons (Fsp3) is 0.425. The minimum Gasteiger partial charge on any atom is -0.380 e. The van der Waals surface area contributed by atoms with Gasteiger partial charge in [0.1, 0.15) is 5.69 Å². The molecule has 3 heterocycles. The molecule has 8 heteroatoms. The van der Waals surface area contributed by atoms with E-state index in [-0.39, 0.29) is 12.5 Å². The van der Waals surface area contributed by atoms with Crippen molar-refractivity contribution in [1.29, 1.82) is 0 Å². The van der Waals surface area contributed by atoms with Crippen LogP contribution in [0.5, 0.6) is 0 Å². The first-order chi connectivity index (χ1) is 23.7. The summed E-state index contributed by atoms with van der Waals surface area (Å²) in [6.07, 6.45) is 20.5. The Hall–Kier alpha value is -4.45. The molecular formula is C40H48N6O2. The second-order valence-electron chi connectivity index (χ2n) is 12.5. The van der Waals surface area contributed by atoms with Gasteiger partial charge in [0.15, 0.2) is 5.82 Å². The molecule has 2 N–H and O–H groups in total. The number of aromatic nitrogens is 4. The van der Waals surface area contributed by atoms with Crippen LogP contribution in [0.15, 0.2) is 73.1 Å². The smallest absolute Gasteiger partial charge is 0.252 e. The quantitative estimate of drug-likeness (QED) is 0.0892. The summed E-state index contributed by atoms with van der Waals surface area (Å²) in [6.45, 7) is 4.79. The van der Waals surface area contributed by atoms with Gasteiger partial charge in [-0.3, -0.25) is 4.79 Å². The summed E-state index contributed by atoms with van der Waals surface area (Å²) < 4.78 is 6.25. The van der Waals surface area contributed by atoms with Crippen molar-refractivity contribution in [2.24, 2.45) is 0 Å². The van der Waals surface area contributed by atoms with Crippen LogP contribution in [0.2, 0.25) is 0 Å². The molecule has 4 aromatic rings. The number of benzene rings is 2. The van der Waals surface area contributed by atoms with Gasteiger partial charge in [-0.05, 0) is 79.6 Å². The molecular weight excluding hydrogens is 596 g/mol. The summed E-state index contributed by atoms with van der Waals surface area (Å²) in [5.41, 5.74) is 6.64. The van der Waals surface area contributed by atoms with Gasteiger partial charge in [-0.25, -0.2) is 9.97 Å². The Morgan fingerprint density at radius 2 is 1.73 bits per heavy atom. The number of nitrogens with zero attached hydrogens (tertiary/aromatic N) is 4. The van der Waals surface area contributed by atoms with Crippen molar-refractivity contribution in [2.45, 2.75) is 83.1 Å². The average Bonchev–Trinajstić information content (AvgIpc) is 3.61. The van der Waals surface area contributed by atoms with E-state index in [1.54, 1.807) is 30.6 Å². The highest BCUT2D eigenvalue weighted by atomic mass is 16.5. The lowest BCUT2D eigenvalue weighted by Gasteiger charge is -2.20. The molecule has 1 aliphatic heterocycles. The summed E-state index contributed by atoms with van der Waals surface area (Å²) in [4.78, 5) is 21.1. The van der Waals surface area contributed by atoms with Crippen molar-refractivity contribution < 1.29 is 9.53 Å². The molecule has 0 unspecified atom stereocenters. The molecule has 2 aromatic heterocycles. The van der Waals surface area contributed by atoms with Gasteiger partial charge in [0.05, 0.1) is 18.8 Å². The number of rotatable bonds is 18. The summed E-state index contributed by atoms with van der Waals surface area (Å²) >= 11 is 0. The average molecular weight is 645 g/mol. The van der Waals surface area contributed by atoms with Crippen molar-refractivity contribution in [3.8, 4) is 35.1 Å². The normalized spacial score (nSPS) is 15.7. The molecule has 8 nitrogen and oxygen atoms in total. The van der Waals surface area contributed by atoms with Crippen LogP contribution in [0.4, 0.5) is 0 Å². The highest BCUT2D eigenvalue weighted by Crippen LogP contribution is 2.29. The maximum atomic E-state index is 12.3. The van der Waals surface area contributed by atoms with Gasteiger partial charge in [0.2, 0.25) is 0 Å². The van der Waals surface area contributed by atoms with Crippen molar-refractivity contribution in [3.05, 3.63) is 95.3 Å². The molecule has 0 spiro atoms. The molecule has 0 radical (unpaired) electrons. The number of unbranched alkanes of at least 4 members (excludes halogenated alkanes) is 5. The number of aryl methyl sites for hydroxylation is 2. The minimum atomic E-state index is -0.210. The molecule has 5 rings (SSSR count). The van der Waals surface area contributed by atoms with Crippen LogP contribution in [0.1, 0.15) is 91.3 Å². The Kier molecular flexibility index (Phi) is 13.6. The predicted molar refractivity (Wildman–Crippen MR) is 191 cm³/mol. The van der Waals surface area contributed by atoms with Crippen LogP contribution >= 0.6 is 0 Å². The third-order valence-corrected chi connectivity index (χ3v) is 9.05. The Morgan fingerprint density at radius 3 is 2.50 bits per heavy atom. The number of terminal acetylenes is 1. The zero-order valence-corrected chi connectivity index (χ0v) is 28.2. The van der Waals surface area contributed by atoms with Crippen molar-refractivity contribution in [1.82, 2.24) is 30.8 Å². The highest BCUT2D eigenvalue weighted by Gasteiger charge is 2.28. The van der Waals surface area contributed by atoms with Gasteiger partial charge in [0, 0.05) is 42.1 Å². The highest BCUT2D eigenvalue weighted by molar-refractivity contribution is 5.94. The van der Waals surface area contributed by atoms with E-state index in [1.807, 2.05) is 18.2 Å². The number of ether oxygens (including phenoxy) is 1. The molecule has 0 bridgehead atoms. The summed E-state index contributed by atoms with van der Waals surface area (Å²) in [7, 11) is 0. The van der Waals surface area contributed by atoms with Crippen LogP contribution in [0.3, 0.4) is 0 Å². The maximum absolute atomic E-state index is 12.3. The topological polar surface area (TPSA) is 102 Å². The second kappa shape index (κ2) is 18.8. The lowest BCUT2D eigenvalue weighted by atomic mass is 9.91. The van der Waals surface area contributed by atoms with E-state index in [0.29, 0.717) is 42.3 Å². The summed E-state index contributed by atoms with van der Waals surface area (Å²) in [5, 5.41) is 15.4. The molecule has 1 saturated heterocycles. The Balaban J connectivity index is 1.14. The van der Waals surface area contributed by atoms with Crippen LogP contribution in [-0.2, 0) is 17.6 Å². The number of amides is 1. The molecule has 250 valence electrons. The van der Waals surface area contributed by atoms with E-state index in [4.69, 9.17) is 11.2 Å². The molecule has 1 fully saturated rings. The van der Waals surface area contributed by atoms with Gasteiger partial charge in [-0.1, -0.05) is 81.3 Å². The summed E-state index contributed by atoms with van der Waals surface area (Å²) in [6, 6.07) is 20.7. The van der Waals surface area contributed by atoms with Crippen molar-refractivity contribution >= 4 is 5.91 Å². The molecule has 0 aliphatic carbocycles.